The van der Waals surface area contributed by atoms with E-state index in [1.807, 2.05) is 0 Å². The van der Waals surface area contributed by atoms with E-state index in [0.717, 1.165) is 18.4 Å². The lowest BCUT2D eigenvalue weighted by Crippen LogP contribution is -2.52. The number of rotatable bonds is 4. The molecule has 1 aromatic carbocycles. The van der Waals surface area contributed by atoms with Crippen LogP contribution in [-0.2, 0) is 11.3 Å². The SMILES string of the molecule is CN(Cc1cccc([N+](=O)[O-])c1)C(=O)C1(N)CCCC1. The Balaban J connectivity index is 2.07. The molecule has 6 heteroatoms. The van der Waals surface area contributed by atoms with Crippen molar-refractivity contribution in [1.82, 2.24) is 4.90 Å². The highest BCUT2D eigenvalue weighted by molar-refractivity contribution is 5.86. The molecule has 0 aliphatic heterocycles. The number of benzene rings is 1. The standard InChI is InChI=1S/C14H19N3O3/c1-16(13(18)14(15)7-2-3-8-14)10-11-5-4-6-12(9-11)17(19)20/h4-6,9H,2-3,7-8,10,15H2,1H3. The topological polar surface area (TPSA) is 89.5 Å². The maximum Gasteiger partial charge on any atom is 0.269 e. The summed E-state index contributed by atoms with van der Waals surface area (Å²) in [6, 6.07) is 6.32. The van der Waals surface area contributed by atoms with Crippen LogP contribution in [0.4, 0.5) is 5.69 Å². The minimum atomic E-state index is -0.755. The molecule has 1 aliphatic rings. The number of carbonyl (C=O) groups excluding carboxylic acids is 1. The molecule has 1 saturated carbocycles. The molecule has 0 spiro atoms. The normalized spacial score (nSPS) is 16.9. The molecule has 0 atom stereocenters. The zero-order valence-corrected chi connectivity index (χ0v) is 11.5. The predicted molar refractivity (Wildman–Crippen MR) is 75.0 cm³/mol. The predicted octanol–water partition coefficient (Wildman–Crippen LogP) is 1.82. The fourth-order valence-electron chi connectivity index (χ4n) is 2.71. The van der Waals surface area contributed by atoms with Crippen molar-refractivity contribution >= 4 is 11.6 Å². The molecule has 0 heterocycles. The van der Waals surface area contributed by atoms with E-state index in [1.54, 1.807) is 24.1 Å². The quantitative estimate of drug-likeness (QED) is 0.671. The third-order valence-corrected chi connectivity index (χ3v) is 3.81. The van der Waals surface area contributed by atoms with Gasteiger partial charge >= 0.3 is 0 Å². The number of hydrogen-bond donors (Lipinski definition) is 1. The smallest absolute Gasteiger partial charge is 0.269 e. The van der Waals surface area contributed by atoms with Crippen molar-refractivity contribution < 1.29 is 9.72 Å². The second-order valence-corrected chi connectivity index (χ2v) is 5.45. The van der Waals surface area contributed by atoms with Crippen LogP contribution in [0.5, 0.6) is 0 Å². The summed E-state index contributed by atoms with van der Waals surface area (Å²) in [6.07, 6.45) is 3.38. The van der Waals surface area contributed by atoms with Crippen LogP contribution in [0.15, 0.2) is 24.3 Å². The minimum Gasteiger partial charge on any atom is -0.340 e. The summed E-state index contributed by atoms with van der Waals surface area (Å²) >= 11 is 0. The number of nitro benzene ring substituents is 1. The van der Waals surface area contributed by atoms with E-state index in [2.05, 4.69) is 0 Å². The lowest BCUT2D eigenvalue weighted by Gasteiger charge is -2.28. The molecule has 1 amide bonds. The van der Waals surface area contributed by atoms with E-state index in [9.17, 15) is 14.9 Å². The van der Waals surface area contributed by atoms with Crippen LogP contribution in [0.2, 0.25) is 0 Å². The molecule has 1 aliphatic carbocycles. The van der Waals surface area contributed by atoms with Gasteiger partial charge in [0.15, 0.2) is 0 Å². The summed E-state index contributed by atoms with van der Waals surface area (Å²) in [6.45, 7) is 0.333. The lowest BCUT2D eigenvalue weighted by molar-refractivity contribution is -0.384. The fourth-order valence-corrected chi connectivity index (χ4v) is 2.71. The summed E-state index contributed by atoms with van der Waals surface area (Å²) in [5, 5.41) is 10.7. The number of carbonyl (C=O) groups is 1. The summed E-state index contributed by atoms with van der Waals surface area (Å²) < 4.78 is 0. The van der Waals surface area contributed by atoms with Gasteiger partial charge in [0.2, 0.25) is 5.91 Å². The van der Waals surface area contributed by atoms with Gasteiger partial charge in [-0.1, -0.05) is 25.0 Å². The zero-order valence-electron chi connectivity index (χ0n) is 11.5. The van der Waals surface area contributed by atoms with Gasteiger partial charge < -0.3 is 10.6 Å². The van der Waals surface area contributed by atoms with Crippen molar-refractivity contribution in [2.24, 2.45) is 5.73 Å². The van der Waals surface area contributed by atoms with Crippen molar-refractivity contribution in [3.8, 4) is 0 Å². The molecule has 2 N–H and O–H groups in total. The molecule has 0 aromatic heterocycles. The second kappa shape index (κ2) is 5.58. The van der Waals surface area contributed by atoms with Gasteiger partial charge in [-0.25, -0.2) is 0 Å². The highest BCUT2D eigenvalue weighted by atomic mass is 16.6. The number of nitrogens with zero attached hydrogens (tertiary/aromatic N) is 2. The molecule has 108 valence electrons. The molecule has 0 bridgehead atoms. The molecule has 1 fully saturated rings. The molecule has 0 unspecified atom stereocenters. The van der Waals surface area contributed by atoms with Gasteiger partial charge in [-0.05, 0) is 18.4 Å². The molecule has 1 aromatic rings. The first-order valence-electron chi connectivity index (χ1n) is 6.70. The van der Waals surface area contributed by atoms with Gasteiger partial charge in [-0.15, -0.1) is 0 Å². The number of non-ortho nitro benzene ring substituents is 1. The van der Waals surface area contributed by atoms with Crippen LogP contribution >= 0.6 is 0 Å². The molecule has 2 rings (SSSR count). The van der Waals surface area contributed by atoms with Crippen LogP contribution < -0.4 is 5.73 Å². The van der Waals surface area contributed by atoms with E-state index >= 15 is 0 Å². The van der Waals surface area contributed by atoms with Gasteiger partial charge in [0.05, 0.1) is 10.5 Å². The van der Waals surface area contributed by atoms with Crippen molar-refractivity contribution in [3.05, 3.63) is 39.9 Å². The molecule has 0 saturated heterocycles. The molecule has 0 radical (unpaired) electrons. The first kappa shape index (κ1) is 14.5. The molecule has 6 nitrogen and oxygen atoms in total. The Morgan fingerprint density at radius 3 is 2.70 bits per heavy atom. The Kier molecular flexibility index (Phi) is 4.04. The van der Waals surface area contributed by atoms with Crippen molar-refractivity contribution in [2.75, 3.05) is 7.05 Å². The average molecular weight is 277 g/mol. The van der Waals surface area contributed by atoms with Gasteiger partial charge in [-0.3, -0.25) is 14.9 Å². The monoisotopic (exact) mass is 277 g/mol. The van der Waals surface area contributed by atoms with Gasteiger partial charge in [0, 0.05) is 25.7 Å². The zero-order chi connectivity index (χ0) is 14.8. The number of likely N-dealkylation sites (N-methyl/N-ethyl adjacent to an activating group) is 1. The largest absolute Gasteiger partial charge is 0.340 e. The van der Waals surface area contributed by atoms with Gasteiger partial charge in [0.25, 0.3) is 5.69 Å². The lowest BCUT2D eigenvalue weighted by atomic mass is 9.97. The number of nitrogens with two attached hydrogens (primary N) is 1. The maximum absolute atomic E-state index is 12.4. The van der Waals surface area contributed by atoms with Gasteiger partial charge in [0.1, 0.15) is 0 Å². The molecular weight excluding hydrogens is 258 g/mol. The molecular formula is C14H19N3O3. The van der Waals surface area contributed by atoms with Crippen LogP contribution in [0, 0.1) is 10.1 Å². The third-order valence-electron chi connectivity index (χ3n) is 3.81. The van der Waals surface area contributed by atoms with Crippen LogP contribution in [-0.4, -0.2) is 28.3 Å². The Bertz CT molecular complexity index is 524. The van der Waals surface area contributed by atoms with Crippen molar-refractivity contribution in [1.29, 1.82) is 0 Å². The highest BCUT2D eigenvalue weighted by Crippen LogP contribution is 2.29. The van der Waals surface area contributed by atoms with E-state index in [0.29, 0.717) is 19.4 Å². The summed E-state index contributed by atoms with van der Waals surface area (Å²) in [5.41, 5.74) is 6.15. The Labute approximate surface area is 117 Å². The first-order chi connectivity index (χ1) is 9.42. The highest BCUT2D eigenvalue weighted by Gasteiger charge is 2.38. The average Bonchev–Trinajstić information content (AvgIpc) is 2.86. The van der Waals surface area contributed by atoms with Crippen molar-refractivity contribution in [2.45, 2.75) is 37.8 Å². The summed E-state index contributed by atoms with van der Waals surface area (Å²) in [4.78, 5) is 24.2. The first-order valence-corrected chi connectivity index (χ1v) is 6.70. The third kappa shape index (κ3) is 2.96. The number of amides is 1. The minimum absolute atomic E-state index is 0.0340. The van der Waals surface area contributed by atoms with Crippen molar-refractivity contribution in [3.63, 3.8) is 0 Å². The fraction of sp³-hybridized carbons (Fsp3) is 0.500. The van der Waals surface area contributed by atoms with Crippen LogP contribution in [0.3, 0.4) is 0 Å². The molecule has 20 heavy (non-hydrogen) atoms. The maximum atomic E-state index is 12.4. The Morgan fingerprint density at radius 2 is 2.10 bits per heavy atom. The van der Waals surface area contributed by atoms with Crippen LogP contribution in [0.25, 0.3) is 0 Å². The van der Waals surface area contributed by atoms with Gasteiger partial charge in [-0.2, -0.15) is 0 Å². The number of hydrogen-bond acceptors (Lipinski definition) is 4. The number of nitro groups is 1. The Morgan fingerprint density at radius 1 is 1.45 bits per heavy atom. The van der Waals surface area contributed by atoms with E-state index in [-0.39, 0.29) is 11.6 Å². The summed E-state index contributed by atoms with van der Waals surface area (Å²) in [7, 11) is 1.69. The van der Waals surface area contributed by atoms with E-state index < -0.39 is 10.5 Å². The van der Waals surface area contributed by atoms with Crippen LogP contribution in [0.1, 0.15) is 31.2 Å². The summed E-state index contributed by atoms with van der Waals surface area (Å²) in [5.74, 6) is -0.0819. The van der Waals surface area contributed by atoms with E-state index in [1.165, 1.54) is 12.1 Å². The Hall–Kier alpha value is -1.95. The second-order valence-electron chi connectivity index (χ2n) is 5.45. The van der Waals surface area contributed by atoms with E-state index in [4.69, 9.17) is 5.73 Å².